The van der Waals surface area contributed by atoms with Gasteiger partial charge in [-0.2, -0.15) is 0 Å². The zero-order valence-corrected chi connectivity index (χ0v) is 30.0. The largest absolute Gasteiger partial charge is 0.264 e. The minimum Gasteiger partial charge on any atom is -0.264 e. The maximum atomic E-state index is 5.34. The summed E-state index contributed by atoms with van der Waals surface area (Å²) < 4.78 is 0. The van der Waals surface area contributed by atoms with Gasteiger partial charge in [0.1, 0.15) is 0 Å². The Bertz CT molecular complexity index is 1740. The molecule has 0 spiro atoms. The third-order valence-corrected chi connectivity index (χ3v) is 12.9. The lowest BCUT2D eigenvalue weighted by molar-refractivity contribution is 1.32. The summed E-state index contributed by atoms with van der Waals surface area (Å²) in [6.07, 6.45) is 5.95. The average Bonchev–Trinajstić information content (AvgIpc) is 2.96. The van der Waals surface area contributed by atoms with Crippen molar-refractivity contribution in [3.63, 3.8) is 0 Å². The fourth-order valence-electron chi connectivity index (χ4n) is 6.72. The molecule has 0 saturated carbocycles. The van der Waals surface area contributed by atoms with Gasteiger partial charge in [0.05, 0.1) is 5.44 Å². The highest BCUT2D eigenvalue weighted by Gasteiger charge is 2.29. The van der Waals surface area contributed by atoms with Crippen molar-refractivity contribution in [1.29, 1.82) is 0 Å². The molecular weight excluding hydrogens is 594 g/mol. The number of hydrogen-bond acceptors (Lipinski definition) is 2. The molecule has 0 bridgehead atoms. The summed E-state index contributed by atoms with van der Waals surface area (Å²) in [4.78, 5) is 9.99. The Labute approximate surface area is 277 Å². The zero-order chi connectivity index (χ0) is 32.5. The highest BCUT2D eigenvalue weighted by Crippen LogP contribution is 2.42. The van der Waals surface area contributed by atoms with Crippen LogP contribution in [0.2, 0.25) is 0 Å². The first-order valence-electron chi connectivity index (χ1n) is 15.9. The molecule has 0 aliphatic rings. The Morgan fingerprint density at radius 1 is 0.435 bits per heavy atom. The first kappa shape index (κ1) is 32.0. The van der Waals surface area contributed by atoms with E-state index in [1.165, 1.54) is 76.6 Å². The number of nitrogens with zero attached hydrogens (tertiary/aromatic N) is 2. The molecule has 0 radical (unpaired) electrons. The second-order valence-electron chi connectivity index (χ2n) is 12.8. The van der Waals surface area contributed by atoms with Crippen molar-refractivity contribution in [2.75, 3.05) is 0 Å². The van der Waals surface area contributed by atoms with Gasteiger partial charge in [0.25, 0.3) is 0 Å². The molecule has 2 heterocycles. The third-order valence-electron chi connectivity index (χ3n) is 8.17. The van der Waals surface area contributed by atoms with Crippen LogP contribution in [0.4, 0.5) is 0 Å². The highest BCUT2D eigenvalue weighted by atomic mass is 31.1. The Balaban J connectivity index is 1.74. The fraction of sp³-hybridized carbons (Fsp3) is 0.190. The normalized spacial score (nSPS) is 11.4. The topological polar surface area (TPSA) is 25.8 Å². The summed E-state index contributed by atoms with van der Waals surface area (Å²) in [6, 6.07) is 34.7. The highest BCUT2D eigenvalue weighted by molar-refractivity contribution is 7.81. The van der Waals surface area contributed by atoms with Crippen molar-refractivity contribution in [2.45, 2.75) is 55.4 Å². The average molecular weight is 637 g/mol. The predicted octanol–water partition coefficient (Wildman–Crippen LogP) is 8.13. The standard InChI is InChI=1S/C42H42N2P2/c1-27-14-28(2)19-36(18-27)45(37-20-29(3)15-30(4)21-37)40-11-13-44-42(41(40)35-10-9-12-43-26-35)46(38-22-31(5)16-32(6)23-38)39-24-33(7)17-34(8)25-39/h9-26H,1-8H3. The van der Waals surface area contributed by atoms with Crippen LogP contribution in [-0.2, 0) is 0 Å². The SMILES string of the molecule is Cc1cc(C)cc(P(c2cc(C)cc(C)c2)c2ccnc(P(c3cc(C)cc(C)c3)c3cc(C)cc(C)c3)c2-c2cccnc2)c1. The molecule has 4 heteroatoms. The van der Waals surface area contributed by atoms with E-state index < -0.39 is 15.8 Å². The van der Waals surface area contributed by atoms with Crippen LogP contribution in [-0.4, -0.2) is 9.97 Å². The van der Waals surface area contributed by atoms with Crippen molar-refractivity contribution < 1.29 is 0 Å². The molecular formula is C42H42N2P2. The maximum absolute atomic E-state index is 5.34. The second-order valence-corrected chi connectivity index (χ2v) is 17.1. The van der Waals surface area contributed by atoms with E-state index in [9.17, 15) is 0 Å². The van der Waals surface area contributed by atoms with Crippen LogP contribution in [0.1, 0.15) is 44.5 Å². The van der Waals surface area contributed by atoms with Crippen molar-refractivity contribution in [3.05, 3.63) is 154 Å². The second kappa shape index (κ2) is 13.4. The summed E-state index contributed by atoms with van der Waals surface area (Å²) in [7, 11) is -1.90. The molecule has 0 fully saturated rings. The molecule has 6 rings (SSSR count). The quantitative estimate of drug-likeness (QED) is 0.166. The maximum Gasteiger partial charge on any atom is 0.0805 e. The number of aromatic nitrogens is 2. The van der Waals surface area contributed by atoms with E-state index in [-0.39, 0.29) is 0 Å². The molecule has 6 aromatic rings. The van der Waals surface area contributed by atoms with Crippen LogP contribution in [0.3, 0.4) is 0 Å². The van der Waals surface area contributed by atoms with E-state index in [4.69, 9.17) is 4.98 Å². The van der Waals surface area contributed by atoms with Gasteiger partial charge < -0.3 is 0 Å². The molecule has 0 saturated heterocycles. The number of benzene rings is 4. The molecule has 230 valence electrons. The van der Waals surface area contributed by atoms with Crippen LogP contribution in [0.25, 0.3) is 11.1 Å². The van der Waals surface area contributed by atoms with Gasteiger partial charge in [-0.15, -0.1) is 0 Å². The monoisotopic (exact) mass is 636 g/mol. The molecule has 2 nitrogen and oxygen atoms in total. The Hall–Kier alpha value is -3.96. The molecule has 0 atom stereocenters. The van der Waals surface area contributed by atoms with Gasteiger partial charge in [0, 0.05) is 37.6 Å². The lowest BCUT2D eigenvalue weighted by atomic mass is 10.1. The van der Waals surface area contributed by atoms with E-state index in [2.05, 4.69) is 158 Å². The predicted molar refractivity (Wildman–Crippen MR) is 203 cm³/mol. The first-order valence-corrected chi connectivity index (χ1v) is 18.6. The van der Waals surface area contributed by atoms with E-state index in [1.54, 1.807) is 0 Å². The van der Waals surface area contributed by atoms with Crippen molar-refractivity contribution in [2.24, 2.45) is 0 Å². The summed E-state index contributed by atoms with van der Waals surface area (Å²) in [6.45, 7) is 17.7. The smallest absolute Gasteiger partial charge is 0.0805 e. The van der Waals surface area contributed by atoms with Gasteiger partial charge >= 0.3 is 0 Å². The van der Waals surface area contributed by atoms with Crippen LogP contribution < -0.4 is 32.0 Å². The van der Waals surface area contributed by atoms with E-state index in [0.717, 1.165) is 11.0 Å². The molecule has 0 N–H and O–H groups in total. The summed E-state index contributed by atoms with van der Waals surface area (Å²) in [5, 5.41) is 6.71. The van der Waals surface area contributed by atoms with Gasteiger partial charge in [-0.3, -0.25) is 9.97 Å². The van der Waals surface area contributed by atoms with Gasteiger partial charge in [0.15, 0.2) is 0 Å². The number of rotatable bonds is 7. The molecule has 46 heavy (non-hydrogen) atoms. The fourth-order valence-corrected chi connectivity index (χ4v) is 12.4. The van der Waals surface area contributed by atoms with Crippen LogP contribution in [0.15, 0.2) is 110 Å². The van der Waals surface area contributed by atoms with Gasteiger partial charge in [-0.1, -0.05) is 123 Å². The lowest BCUT2D eigenvalue weighted by Crippen LogP contribution is -2.31. The summed E-state index contributed by atoms with van der Waals surface area (Å²) in [5.74, 6) is 0. The number of aryl methyl sites for hydroxylation is 8. The molecule has 0 unspecified atom stereocenters. The molecule has 4 aromatic carbocycles. The van der Waals surface area contributed by atoms with Gasteiger partial charge in [-0.05, 0) is 102 Å². The Kier molecular flexibility index (Phi) is 9.33. The minimum atomic E-state index is -0.987. The number of hydrogen-bond donors (Lipinski definition) is 0. The molecule has 0 aliphatic heterocycles. The molecule has 2 aromatic heterocycles. The lowest BCUT2D eigenvalue weighted by Gasteiger charge is -2.28. The van der Waals surface area contributed by atoms with Gasteiger partial charge in [-0.25, -0.2) is 0 Å². The van der Waals surface area contributed by atoms with Crippen molar-refractivity contribution in [3.8, 4) is 11.1 Å². The summed E-state index contributed by atoms with van der Waals surface area (Å²) in [5.41, 5.74) is 13.7. The van der Waals surface area contributed by atoms with Crippen molar-refractivity contribution >= 4 is 47.8 Å². The molecule has 0 amide bonds. The Morgan fingerprint density at radius 3 is 1.20 bits per heavy atom. The number of pyridine rings is 2. The third kappa shape index (κ3) is 6.90. The van der Waals surface area contributed by atoms with E-state index in [0.29, 0.717) is 0 Å². The van der Waals surface area contributed by atoms with Crippen molar-refractivity contribution in [1.82, 2.24) is 9.97 Å². The zero-order valence-electron chi connectivity index (χ0n) is 28.2. The van der Waals surface area contributed by atoms with Crippen LogP contribution >= 0.6 is 15.8 Å². The summed E-state index contributed by atoms with van der Waals surface area (Å²) >= 11 is 0. The van der Waals surface area contributed by atoms with Crippen LogP contribution in [0, 0.1) is 55.4 Å². The minimum absolute atomic E-state index is 0.916. The van der Waals surface area contributed by atoms with E-state index in [1.807, 2.05) is 12.4 Å². The Morgan fingerprint density at radius 2 is 0.826 bits per heavy atom. The first-order chi connectivity index (χ1) is 22.0. The molecule has 0 aliphatic carbocycles. The van der Waals surface area contributed by atoms with Gasteiger partial charge in [0.2, 0.25) is 0 Å². The van der Waals surface area contributed by atoms with E-state index >= 15 is 0 Å². The van der Waals surface area contributed by atoms with Crippen LogP contribution in [0.5, 0.6) is 0 Å².